The molecule has 7 nitrogen and oxygen atoms in total. The summed E-state index contributed by atoms with van der Waals surface area (Å²) >= 11 is 0. The molecule has 2 N–H and O–H groups in total. The quantitative estimate of drug-likeness (QED) is 0.886. The second-order valence-electron chi connectivity index (χ2n) is 6.56. The average molecular weight is 317 g/mol. The molecule has 0 radical (unpaired) electrons. The standard InChI is InChI=1S/C16H23N5O2/c1-10(2)21-5-4-14(19-21)16(23)20-8-12(15(22)9-20)7-13-6-11(3)17-18-13/h4-6,10,12,15,22H,7-9H2,1-3H3,(H,17,18)/t12-,15+/m1/s1. The Bertz CT molecular complexity index is 690. The molecule has 0 aromatic carbocycles. The maximum absolute atomic E-state index is 12.5. The van der Waals surface area contributed by atoms with Gasteiger partial charge < -0.3 is 10.0 Å². The number of aliphatic hydroxyl groups is 1. The number of β-amino-alcohol motifs (C(OH)–C–C–N with tert-alkyl or cyclic N) is 1. The normalized spacial score (nSPS) is 21.3. The lowest BCUT2D eigenvalue weighted by Crippen LogP contribution is -2.30. The number of aromatic amines is 1. The molecule has 0 spiro atoms. The summed E-state index contributed by atoms with van der Waals surface area (Å²) in [5.41, 5.74) is 2.35. The number of aliphatic hydroxyl groups excluding tert-OH is 1. The first-order chi connectivity index (χ1) is 10.9. The van der Waals surface area contributed by atoms with Crippen LogP contribution in [0.4, 0.5) is 0 Å². The fourth-order valence-corrected chi connectivity index (χ4v) is 2.97. The van der Waals surface area contributed by atoms with Gasteiger partial charge in [-0.2, -0.15) is 10.2 Å². The van der Waals surface area contributed by atoms with E-state index in [1.54, 1.807) is 15.6 Å². The zero-order chi connectivity index (χ0) is 16.6. The number of amides is 1. The number of nitrogens with one attached hydrogen (secondary N) is 1. The molecule has 0 aliphatic carbocycles. The number of carbonyl (C=O) groups is 1. The third kappa shape index (κ3) is 3.29. The van der Waals surface area contributed by atoms with Crippen molar-refractivity contribution in [2.24, 2.45) is 5.92 Å². The topological polar surface area (TPSA) is 87.0 Å². The molecule has 7 heteroatoms. The van der Waals surface area contributed by atoms with E-state index in [0.29, 0.717) is 25.2 Å². The molecule has 1 aliphatic rings. The van der Waals surface area contributed by atoms with Crippen molar-refractivity contribution >= 4 is 5.91 Å². The highest BCUT2D eigenvalue weighted by Gasteiger charge is 2.35. The van der Waals surface area contributed by atoms with Crippen LogP contribution in [0.5, 0.6) is 0 Å². The third-order valence-electron chi connectivity index (χ3n) is 4.28. The minimum atomic E-state index is -0.525. The molecule has 2 aromatic rings. The summed E-state index contributed by atoms with van der Waals surface area (Å²) in [6.45, 7) is 6.86. The van der Waals surface area contributed by atoms with Crippen LogP contribution in [0.2, 0.25) is 0 Å². The van der Waals surface area contributed by atoms with Crippen molar-refractivity contribution in [3.8, 4) is 0 Å². The first-order valence-electron chi connectivity index (χ1n) is 7.97. The van der Waals surface area contributed by atoms with E-state index < -0.39 is 6.10 Å². The molecule has 0 saturated carbocycles. The number of aromatic nitrogens is 4. The van der Waals surface area contributed by atoms with E-state index in [-0.39, 0.29) is 17.9 Å². The molecule has 0 bridgehead atoms. The summed E-state index contributed by atoms with van der Waals surface area (Å²) in [7, 11) is 0. The average Bonchev–Trinajstić information content (AvgIpc) is 3.20. The van der Waals surface area contributed by atoms with Crippen LogP contribution < -0.4 is 0 Å². The summed E-state index contributed by atoms with van der Waals surface area (Å²) in [6.07, 6.45) is 1.95. The molecule has 1 amide bonds. The Labute approximate surface area is 135 Å². The van der Waals surface area contributed by atoms with Crippen LogP contribution in [0.25, 0.3) is 0 Å². The van der Waals surface area contributed by atoms with Crippen LogP contribution in [-0.4, -0.2) is 55.1 Å². The lowest BCUT2D eigenvalue weighted by atomic mass is 10.0. The molecule has 0 unspecified atom stereocenters. The monoisotopic (exact) mass is 317 g/mol. The second kappa shape index (κ2) is 6.16. The fourth-order valence-electron chi connectivity index (χ4n) is 2.97. The van der Waals surface area contributed by atoms with Gasteiger partial charge in [0.15, 0.2) is 0 Å². The lowest BCUT2D eigenvalue weighted by Gasteiger charge is -2.14. The van der Waals surface area contributed by atoms with Gasteiger partial charge in [0, 0.05) is 36.9 Å². The Balaban J connectivity index is 1.66. The molecular weight excluding hydrogens is 294 g/mol. The number of nitrogens with zero attached hydrogens (tertiary/aromatic N) is 4. The Morgan fingerprint density at radius 2 is 2.26 bits per heavy atom. The molecule has 2 atom stereocenters. The van der Waals surface area contributed by atoms with Crippen LogP contribution in [-0.2, 0) is 6.42 Å². The molecule has 2 aromatic heterocycles. The van der Waals surface area contributed by atoms with Gasteiger partial charge in [-0.15, -0.1) is 0 Å². The zero-order valence-electron chi connectivity index (χ0n) is 13.7. The van der Waals surface area contributed by atoms with Crippen molar-refractivity contribution in [3.05, 3.63) is 35.4 Å². The summed E-state index contributed by atoms with van der Waals surface area (Å²) in [4.78, 5) is 14.2. The van der Waals surface area contributed by atoms with E-state index in [9.17, 15) is 9.90 Å². The number of likely N-dealkylation sites (tertiary alicyclic amines) is 1. The number of hydrogen-bond acceptors (Lipinski definition) is 4. The van der Waals surface area contributed by atoms with Gasteiger partial charge in [-0.1, -0.05) is 0 Å². The smallest absolute Gasteiger partial charge is 0.274 e. The highest BCUT2D eigenvalue weighted by atomic mass is 16.3. The summed E-state index contributed by atoms with van der Waals surface area (Å²) in [6, 6.07) is 3.93. The minimum Gasteiger partial charge on any atom is -0.391 e. The van der Waals surface area contributed by atoms with Gasteiger partial charge in [-0.05, 0) is 39.3 Å². The van der Waals surface area contributed by atoms with E-state index in [1.165, 1.54) is 0 Å². The van der Waals surface area contributed by atoms with E-state index >= 15 is 0 Å². The summed E-state index contributed by atoms with van der Waals surface area (Å²) in [5, 5.41) is 21.7. The maximum atomic E-state index is 12.5. The molecule has 1 saturated heterocycles. The fraction of sp³-hybridized carbons (Fsp3) is 0.562. The molecule has 124 valence electrons. The Hall–Kier alpha value is -2.15. The van der Waals surface area contributed by atoms with Gasteiger partial charge in [0.1, 0.15) is 5.69 Å². The SMILES string of the molecule is Cc1cc(C[C@@H]2CN(C(=O)c3ccn(C(C)C)n3)C[C@@H]2O)n[nH]1. The molecule has 23 heavy (non-hydrogen) atoms. The van der Waals surface area contributed by atoms with E-state index in [4.69, 9.17) is 0 Å². The number of aryl methyl sites for hydroxylation is 1. The first-order valence-corrected chi connectivity index (χ1v) is 7.97. The van der Waals surface area contributed by atoms with Crippen molar-refractivity contribution in [1.82, 2.24) is 24.9 Å². The zero-order valence-corrected chi connectivity index (χ0v) is 13.7. The lowest BCUT2D eigenvalue weighted by molar-refractivity contribution is 0.0758. The van der Waals surface area contributed by atoms with Crippen molar-refractivity contribution in [2.75, 3.05) is 13.1 Å². The number of rotatable bonds is 4. The van der Waals surface area contributed by atoms with Crippen molar-refractivity contribution in [1.29, 1.82) is 0 Å². The van der Waals surface area contributed by atoms with Crippen LogP contribution in [0.1, 0.15) is 41.8 Å². The van der Waals surface area contributed by atoms with Crippen molar-refractivity contribution < 1.29 is 9.90 Å². The minimum absolute atomic E-state index is 0.00818. The highest BCUT2D eigenvalue weighted by Crippen LogP contribution is 2.22. The number of H-pyrrole nitrogens is 1. The maximum Gasteiger partial charge on any atom is 0.274 e. The Morgan fingerprint density at radius 3 is 2.87 bits per heavy atom. The van der Waals surface area contributed by atoms with Crippen LogP contribution in [0.15, 0.2) is 18.3 Å². The molecule has 1 aliphatic heterocycles. The van der Waals surface area contributed by atoms with Crippen LogP contribution in [0, 0.1) is 12.8 Å². The number of hydrogen-bond donors (Lipinski definition) is 2. The highest BCUT2D eigenvalue weighted by molar-refractivity contribution is 5.92. The third-order valence-corrected chi connectivity index (χ3v) is 4.28. The molecule has 3 heterocycles. The molecule has 1 fully saturated rings. The molecule has 3 rings (SSSR count). The van der Waals surface area contributed by atoms with E-state index in [1.807, 2.05) is 33.0 Å². The summed E-state index contributed by atoms with van der Waals surface area (Å²) < 4.78 is 1.77. The van der Waals surface area contributed by atoms with Gasteiger partial charge in [-0.3, -0.25) is 14.6 Å². The van der Waals surface area contributed by atoms with Crippen LogP contribution >= 0.6 is 0 Å². The van der Waals surface area contributed by atoms with Gasteiger partial charge in [0.2, 0.25) is 0 Å². The number of carbonyl (C=O) groups excluding carboxylic acids is 1. The molecular formula is C16H23N5O2. The van der Waals surface area contributed by atoms with E-state index in [2.05, 4.69) is 15.3 Å². The predicted octanol–water partition coefficient (Wildman–Crippen LogP) is 1.17. The Kier molecular flexibility index (Phi) is 4.21. The summed E-state index contributed by atoms with van der Waals surface area (Å²) in [5.74, 6) is -0.113. The van der Waals surface area contributed by atoms with Gasteiger partial charge in [0.25, 0.3) is 5.91 Å². The van der Waals surface area contributed by atoms with Crippen molar-refractivity contribution in [3.63, 3.8) is 0 Å². The van der Waals surface area contributed by atoms with Crippen LogP contribution in [0.3, 0.4) is 0 Å². The van der Waals surface area contributed by atoms with E-state index in [0.717, 1.165) is 11.4 Å². The first kappa shape index (κ1) is 15.7. The largest absolute Gasteiger partial charge is 0.391 e. The van der Waals surface area contributed by atoms with Gasteiger partial charge in [0.05, 0.1) is 11.8 Å². The van der Waals surface area contributed by atoms with Gasteiger partial charge in [-0.25, -0.2) is 0 Å². The predicted molar refractivity (Wildman–Crippen MR) is 85.0 cm³/mol. The van der Waals surface area contributed by atoms with Gasteiger partial charge >= 0.3 is 0 Å². The Morgan fingerprint density at radius 1 is 1.48 bits per heavy atom. The van der Waals surface area contributed by atoms with Crippen molar-refractivity contribution in [2.45, 2.75) is 39.3 Å². The second-order valence-corrected chi connectivity index (χ2v) is 6.56.